The van der Waals surface area contributed by atoms with E-state index in [0.29, 0.717) is 35.8 Å². The molecule has 236 valence electrons. The van der Waals surface area contributed by atoms with Gasteiger partial charge in [-0.3, -0.25) is 10.2 Å². The molecule has 0 bridgehead atoms. The summed E-state index contributed by atoms with van der Waals surface area (Å²) in [5.74, 6) is -0.0986. The number of ether oxygens (including phenoxy) is 2. The molecule has 2 aromatic carbocycles. The van der Waals surface area contributed by atoms with Gasteiger partial charge in [0.05, 0.1) is 36.0 Å². The van der Waals surface area contributed by atoms with Gasteiger partial charge >= 0.3 is 5.97 Å². The summed E-state index contributed by atoms with van der Waals surface area (Å²) in [6, 6.07) is 11.3. The van der Waals surface area contributed by atoms with Gasteiger partial charge in [0.15, 0.2) is 0 Å². The SMILES string of the molecule is C=CC(=O)Nc1cc(Nc2ncc(C(=O)OC(C)C)c(N/C=C3/Cc4ccccc4C3=N)n2)c(OC)cc1N(C)CCN(C)C. The molecule has 45 heavy (non-hydrogen) atoms. The molecule has 0 radical (unpaired) electrons. The van der Waals surface area contributed by atoms with Crippen molar-refractivity contribution in [2.24, 2.45) is 0 Å². The van der Waals surface area contributed by atoms with Crippen LogP contribution in [0.3, 0.4) is 0 Å². The highest BCUT2D eigenvalue weighted by Gasteiger charge is 2.23. The number of nitrogens with one attached hydrogen (secondary N) is 4. The molecule has 1 aliphatic rings. The number of likely N-dealkylation sites (N-methyl/N-ethyl adjacent to an activating group) is 2. The van der Waals surface area contributed by atoms with Crippen molar-refractivity contribution in [1.82, 2.24) is 14.9 Å². The molecule has 3 aromatic rings. The minimum Gasteiger partial charge on any atom is -0.494 e. The Hall–Kier alpha value is -5.23. The molecule has 1 amide bonds. The third-order valence-electron chi connectivity index (χ3n) is 7.02. The van der Waals surface area contributed by atoms with Crippen molar-refractivity contribution < 1.29 is 19.1 Å². The zero-order valence-corrected chi connectivity index (χ0v) is 26.5. The molecule has 0 unspecified atom stereocenters. The first kappa shape index (κ1) is 32.7. The second-order valence-electron chi connectivity index (χ2n) is 11.0. The van der Waals surface area contributed by atoms with E-state index in [9.17, 15) is 9.59 Å². The highest BCUT2D eigenvalue weighted by Crippen LogP contribution is 2.38. The molecule has 0 saturated heterocycles. The van der Waals surface area contributed by atoms with Gasteiger partial charge in [-0.05, 0) is 51.2 Å². The van der Waals surface area contributed by atoms with E-state index in [2.05, 4.69) is 37.4 Å². The summed E-state index contributed by atoms with van der Waals surface area (Å²) >= 11 is 0. The molecule has 0 aliphatic heterocycles. The van der Waals surface area contributed by atoms with Crippen LogP contribution in [0, 0.1) is 5.41 Å². The first-order valence-corrected chi connectivity index (χ1v) is 14.5. The zero-order valence-electron chi connectivity index (χ0n) is 26.5. The van der Waals surface area contributed by atoms with Crippen LogP contribution in [0.15, 0.2) is 67.0 Å². The number of hydrogen-bond acceptors (Lipinski definition) is 11. The predicted molar refractivity (Wildman–Crippen MR) is 178 cm³/mol. The minimum atomic E-state index is -0.584. The number of rotatable bonds is 13. The lowest BCUT2D eigenvalue weighted by Gasteiger charge is -2.26. The van der Waals surface area contributed by atoms with Crippen molar-refractivity contribution in [2.75, 3.05) is 62.2 Å². The average Bonchev–Trinajstić information content (AvgIpc) is 3.33. The highest BCUT2D eigenvalue weighted by atomic mass is 16.5. The van der Waals surface area contributed by atoms with Crippen molar-refractivity contribution in [3.63, 3.8) is 0 Å². The maximum absolute atomic E-state index is 13.0. The van der Waals surface area contributed by atoms with Crippen molar-refractivity contribution in [3.05, 3.63) is 83.7 Å². The van der Waals surface area contributed by atoms with E-state index in [4.69, 9.17) is 14.9 Å². The van der Waals surface area contributed by atoms with Crippen molar-refractivity contribution in [2.45, 2.75) is 26.4 Å². The van der Waals surface area contributed by atoms with Crippen LogP contribution in [-0.2, 0) is 16.0 Å². The van der Waals surface area contributed by atoms with Gasteiger partial charge < -0.3 is 35.2 Å². The number of hydrogen-bond donors (Lipinski definition) is 4. The van der Waals surface area contributed by atoms with Crippen molar-refractivity contribution >= 4 is 46.4 Å². The van der Waals surface area contributed by atoms with Gasteiger partial charge in [-0.25, -0.2) is 9.78 Å². The molecule has 12 nitrogen and oxygen atoms in total. The summed E-state index contributed by atoms with van der Waals surface area (Å²) in [5.41, 5.74) is 4.99. The molecular weight excluding hydrogens is 572 g/mol. The van der Waals surface area contributed by atoms with Crippen LogP contribution in [0.5, 0.6) is 5.75 Å². The number of allylic oxidation sites excluding steroid dienone is 1. The normalized spacial score (nSPS) is 13.1. The van der Waals surface area contributed by atoms with Gasteiger partial charge in [0.25, 0.3) is 0 Å². The Labute approximate surface area is 263 Å². The van der Waals surface area contributed by atoms with Crippen molar-refractivity contribution in [3.8, 4) is 5.75 Å². The molecule has 1 aliphatic carbocycles. The average molecular weight is 613 g/mol. The van der Waals surface area contributed by atoms with Crippen molar-refractivity contribution in [1.29, 1.82) is 5.41 Å². The van der Waals surface area contributed by atoms with Crippen LogP contribution in [0.25, 0.3) is 0 Å². The fourth-order valence-corrected chi connectivity index (χ4v) is 4.67. The zero-order chi connectivity index (χ0) is 32.7. The van der Waals surface area contributed by atoms with Crippen LogP contribution < -0.4 is 25.6 Å². The van der Waals surface area contributed by atoms with Crippen LogP contribution in [-0.4, -0.2) is 79.9 Å². The molecule has 0 atom stereocenters. The number of fused-ring (bicyclic) bond motifs is 1. The number of esters is 1. The number of carbonyl (C=O) groups is 2. The highest BCUT2D eigenvalue weighted by molar-refractivity contribution is 6.15. The van der Waals surface area contributed by atoms with Crippen LogP contribution in [0.4, 0.5) is 28.8 Å². The van der Waals surface area contributed by atoms with E-state index < -0.39 is 5.97 Å². The molecule has 4 rings (SSSR count). The number of benzene rings is 2. The van der Waals surface area contributed by atoms with Gasteiger partial charge in [-0.2, -0.15) is 4.98 Å². The van der Waals surface area contributed by atoms with E-state index in [-0.39, 0.29) is 29.3 Å². The standard InChI is InChI=1S/C33H40N8O4/c1-8-29(42)37-25-16-26(28(44-7)17-27(25)41(6)14-13-40(4)5)38-33-36-19-24(32(43)45-20(2)3)31(39-33)35-18-22-15-21-11-9-10-12-23(21)30(22)34/h8-12,16-20,34H,1,13-15H2,2-7H3,(H,37,42)(H2,35,36,38,39)/b22-18-,34-30?. The van der Waals surface area contributed by atoms with Gasteiger partial charge in [0.2, 0.25) is 11.9 Å². The third kappa shape index (κ3) is 8.03. The number of nitrogens with zero attached hydrogens (tertiary/aromatic N) is 4. The third-order valence-corrected chi connectivity index (χ3v) is 7.02. The van der Waals surface area contributed by atoms with E-state index in [1.165, 1.54) is 12.3 Å². The first-order valence-electron chi connectivity index (χ1n) is 14.5. The number of methoxy groups -OCH3 is 1. The second kappa shape index (κ2) is 14.5. The van der Waals surface area contributed by atoms with Crippen LogP contribution in [0.1, 0.15) is 35.3 Å². The van der Waals surface area contributed by atoms with E-state index >= 15 is 0 Å². The summed E-state index contributed by atoms with van der Waals surface area (Å²) in [6.45, 7) is 8.59. The number of aromatic nitrogens is 2. The first-order chi connectivity index (χ1) is 21.5. The summed E-state index contributed by atoms with van der Waals surface area (Å²) in [7, 11) is 7.46. The Bertz CT molecular complexity index is 1630. The quantitative estimate of drug-likeness (QED) is 0.156. The van der Waals surface area contributed by atoms with Crippen LogP contribution in [0.2, 0.25) is 0 Å². The fraction of sp³-hybridized carbons (Fsp3) is 0.303. The number of anilines is 5. The smallest absolute Gasteiger partial charge is 0.343 e. The molecule has 1 aromatic heterocycles. The summed E-state index contributed by atoms with van der Waals surface area (Å²) in [6.07, 6.45) is 4.50. The van der Waals surface area contributed by atoms with E-state index in [1.54, 1.807) is 33.2 Å². The summed E-state index contributed by atoms with van der Waals surface area (Å²) < 4.78 is 11.1. The molecule has 0 spiro atoms. The maximum atomic E-state index is 13.0. The Balaban J connectivity index is 1.70. The fourth-order valence-electron chi connectivity index (χ4n) is 4.67. The largest absolute Gasteiger partial charge is 0.494 e. The summed E-state index contributed by atoms with van der Waals surface area (Å²) in [5, 5.41) is 17.7. The van der Waals surface area contributed by atoms with Gasteiger partial charge in [-0.15, -0.1) is 0 Å². The summed E-state index contributed by atoms with van der Waals surface area (Å²) in [4.78, 5) is 38.4. The number of carbonyl (C=O) groups excluding carboxylic acids is 2. The number of amides is 1. The van der Waals surface area contributed by atoms with Gasteiger partial charge in [0.1, 0.15) is 17.1 Å². The molecule has 12 heteroatoms. The van der Waals surface area contributed by atoms with E-state index in [0.717, 1.165) is 28.9 Å². The molecule has 1 heterocycles. The lowest BCUT2D eigenvalue weighted by atomic mass is 10.1. The molecule has 0 fully saturated rings. The maximum Gasteiger partial charge on any atom is 0.343 e. The Morgan fingerprint density at radius 3 is 2.56 bits per heavy atom. The van der Waals surface area contributed by atoms with Gasteiger partial charge in [-0.1, -0.05) is 30.8 Å². The monoisotopic (exact) mass is 612 g/mol. The van der Waals surface area contributed by atoms with E-state index in [1.807, 2.05) is 56.4 Å². The lowest BCUT2D eigenvalue weighted by Crippen LogP contribution is -2.29. The molecule has 4 N–H and O–H groups in total. The predicted octanol–water partition coefficient (Wildman–Crippen LogP) is 4.84. The lowest BCUT2D eigenvalue weighted by molar-refractivity contribution is -0.111. The Morgan fingerprint density at radius 2 is 1.89 bits per heavy atom. The molecular formula is C33H40N8O4. The Kier molecular flexibility index (Phi) is 10.5. The van der Waals surface area contributed by atoms with Gasteiger partial charge in [0, 0.05) is 50.6 Å². The topological polar surface area (TPSA) is 145 Å². The minimum absolute atomic E-state index is 0.136. The second-order valence-corrected chi connectivity index (χ2v) is 11.0. The Morgan fingerprint density at radius 1 is 1.13 bits per heavy atom. The van der Waals surface area contributed by atoms with Crippen LogP contribution >= 0.6 is 0 Å². The molecule has 0 saturated carbocycles.